The van der Waals surface area contributed by atoms with E-state index in [1.54, 1.807) is 42.6 Å². The van der Waals surface area contributed by atoms with Gasteiger partial charge >= 0.3 is 0 Å². The zero-order valence-electron chi connectivity index (χ0n) is 16.3. The summed E-state index contributed by atoms with van der Waals surface area (Å²) in [6.07, 6.45) is 1.60. The van der Waals surface area contributed by atoms with Gasteiger partial charge in [0.05, 0.1) is 10.4 Å². The molecular formula is C25H19NO3S. The fourth-order valence-corrected chi connectivity index (χ4v) is 5.07. The van der Waals surface area contributed by atoms with Crippen LogP contribution in [0.4, 0.5) is 0 Å². The van der Waals surface area contributed by atoms with E-state index < -0.39 is 10.0 Å². The molecule has 5 heteroatoms. The van der Waals surface area contributed by atoms with Crippen molar-refractivity contribution in [2.24, 2.45) is 0 Å². The van der Waals surface area contributed by atoms with Crippen LogP contribution in [0.15, 0.2) is 96.0 Å². The molecule has 4 nitrogen and oxygen atoms in total. The normalized spacial score (nSPS) is 11.9. The highest BCUT2D eigenvalue weighted by molar-refractivity contribution is 7.90. The number of phenolic OH excluding ortho intramolecular Hbond substituents is 1. The molecule has 0 bridgehead atoms. The van der Waals surface area contributed by atoms with Gasteiger partial charge < -0.3 is 5.11 Å². The van der Waals surface area contributed by atoms with Crippen molar-refractivity contribution in [1.82, 2.24) is 3.97 Å². The summed E-state index contributed by atoms with van der Waals surface area (Å²) in [7, 11) is -3.69. The quantitative estimate of drug-likeness (QED) is 0.412. The van der Waals surface area contributed by atoms with Crippen LogP contribution in [0.1, 0.15) is 5.56 Å². The number of hydrogen-bond acceptors (Lipinski definition) is 3. The predicted molar refractivity (Wildman–Crippen MR) is 120 cm³/mol. The van der Waals surface area contributed by atoms with Crippen molar-refractivity contribution >= 4 is 31.7 Å². The van der Waals surface area contributed by atoms with Gasteiger partial charge in [-0.1, -0.05) is 48.0 Å². The molecule has 5 aromatic rings. The monoisotopic (exact) mass is 413 g/mol. The number of aromatic hydroxyl groups is 1. The Hall–Kier alpha value is -3.57. The maximum Gasteiger partial charge on any atom is 0.268 e. The van der Waals surface area contributed by atoms with E-state index in [1.807, 2.05) is 55.5 Å². The summed E-state index contributed by atoms with van der Waals surface area (Å²) in [5.74, 6) is 0.232. The van der Waals surface area contributed by atoms with Crippen molar-refractivity contribution in [2.45, 2.75) is 11.8 Å². The Bertz CT molecular complexity index is 1510. The van der Waals surface area contributed by atoms with Crippen molar-refractivity contribution in [1.29, 1.82) is 0 Å². The molecule has 0 radical (unpaired) electrons. The fraction of sp³-hybridized carbons (Fsp3) is 0.0400. The molecule has 1 aromatic heterocycles. The van der Waals surface area contributed by atoms with E-state index in [1.165, 1.54) is 3.97 Å². The van der Waals surface area contributed by atoms with Gasteiger partial charge in [-0.2, -0.15) is 0 Å². The second-order valence-corrected chi connectivity index (χ2v) is 9.26. The summed E-state index contributed by atoms with van der Waals surface area (Å²) < 4.78 is 27.8. The number of rotatable bonds is 3. The lowest BCUT2D eigenvalue weighted by Crippen LogP contribution is -2.11. The van der Waals surface area contributed by atoms with E-state index in [9.17, 15) is 13.5 Å². The van der Waals surface area contributed by atoms with Gasteiger partial charge in [0, 0.05) is 11.6 Å². The van der Waals surface area contributed by atoms with Gasteiger partial charge in [-0.3, -0.25) is 0 Å². The van der Waals surface area contributed by atoms with Gasteiger partial charge in [-0.15, -0.1) is 0 Å². The summed E-state index contributed by atoms with van der Waals surface area (Å²) in [4.78, 5) is 0.265. The largest absolute Gasteiger partial charge is 0.508 e. The number of aryl methyl sites for hydroxylation is 1. The Balaban J connectivity index is 1.65. The minimum absolute atomic E-state index is 0.232. The topological polar surface area (TPSA) is 59.3 Å². The molecule has 0 spiro atoms. The molecule has 1 heterocycles. The molecule has 0 unspecified atom stereocenters. The number of benzene rings is 4. The van der Waals surface area contributed by atoms with Crippen LogP contribution in [-0.2, 0) is 10.0 Å². The van der Waals surface area contributed by atoms with Crippen LogP contribution in [-0.4, -0.2) is 17.5 Å². The molecule has 0 aliphatic carbocycles. The maximum atomic E-state index is 13.2. The summed E-state index contributed by atoms with van der Waals surface area (Å²) in [6.45, 7) is 1.93. The lowest BCUT2D eigenvalue weighted by atomic mass is 10.0. The van der Waals surface area contributed by atoms with Crippen molar-refractivity contribution in [2.75, 3.05) is 0 Å². The zero-order valence-corrected chi connectivity index (χ0v) is 17.1. The van der Waals surface area contributed by atoms with Crippen molar-refractivity contribution in [3.05, 3.63) is 96.7 Å². The van der Waals surface area contributed by atoms with Gasteiger partial charge in [0.2, 0.25) is 0 Å². The molecular weight excluding hydrogens is 394 g/mol. The molecule has 148 valence electrons. The van der Waals surface area contributed by atoms with Crippen molar-refractivity contribution in [3.63, 3.8) is 0 Å². The van der Waals surface area contributed by atoms with E-state index in [0.29, 0.717) is 5.52 Å². The lowest BCUT2D eigenvalue weighted by molar-refractivity contribution is 0.476. The molecule has 0 atom stereocenters. The van der Waals surface area contributed by atoms with Gasteiger partial charge in [0.15, 0.2) is 0 Å². The molecule has 1 N–H and O–H groups in total. The maximum absolute atomic E-state index is 13.2. The molecule has 5 rings (SSSR count). The first kappa shape index (κ1) is 18.5. The van der Waals surface area contributed by atoms with Crippen LogP contribution in [0.5, 0.6) is 5.75 Å². The standard InChI is InChI=1S/C25H19NO3S/c1-17-2-10-24(11-3-17)30(28,29)26-13-12-18-4-5-22(16-25(18)26)19-6-7-21-15-23(27)9-8-20(21)14-19/h2-16,27H,1H3. The highest BCUT2D eigenvalue weighted by Crippen LogP contribution is 2.30. The van der Waals surface area contributed by atoms with E-state index in [4.69, 9.17) is 0 Å². The Morgan fingerprint density at radius 3 is 2.10 bits per heavy atom. The summed E-state index contributed by atoms with van der Waals surface area (Å²) in [5.41, 5.74) is 3.56. The van der Waals surface area contributed by atoms with E-state index in [0.717, 1.165) is 32.8 Å². The van der Waals surface area contributed by atoms with Crippen LogP contribution in [0.25, 0.3) is 32.8 Å². The second kappa shape index (κ2) is 6.75. The number of phenols is 1. The third-order valence-electron chi connectivity index (χ3n) is 5.39. The Morgan fingerprint density at radius 2 is 1.33 bits per heavy atom. The Kier molecular flexibility index (Phi) is 4.15. The molecule has 0 fully saturated rings. The Morgan fingerprint density at radius 1 is 0.700 bits per heavy atom. The van der Waals surface area contributed by atoms with E-state index in [2.05, 4.69) is 0 Å². The van der Waals surface area contributed by atoms with Gasteiger partial charge in [-0.05, 0) is 71.3 Å². The SMILES string of the molecule is Cc1ccc(S(=O)(=O)n2ccc3ccc(-c4ccc5cc(O)ccc5c4)cc32)cc1. The summed E-state index contributed by atoms with van der Waals surface area (Å²) >= 11 is 0. The van der Waals surface area contributed by atoms with Crippen molar-refractivity contribution in [3.8, 4) is 16.9 Å². The molecule has 0 aliphatic heterocycles. The average molecular weight is 413 g/mol. The predicted octanol–water partition coefficient (Wildman–Crippen LogP) is 5.71. The highest BCUT2D eigenvalue weighted by atomic mass is 32.2. The van der Waals surface area contributed by atoms with Gasteiger partial charge in [0.25, 0.3) is 10.0 Å². The van der Waals surface area contributed by atoms with Gasteiger partial charge in [-0.25, -0.2) is 12.4 Å². The first-order valence-corrected chi connectivity index (χ1v) is 11.0. The smallest absolute Gasteiger partial charge is 0.268 e. The van der Waals surface area contributed by atoms with Crippen LogP contribution in [0.3, 0.4) is 0 Å². The third kappa shape index (κ3) is 3.04. The minimum atomic E-state index is -3.69. The summed E-state index contributed by atoms with van der Waals surface area (Å²) in [6, 6.07) is 25.8. The highest BCUT2D eigenvalue weighted by Gasteiger charge is 2.19. The first-order chi connectivity index (χ1) is 14.4. The molecule has 0 saturated heterocycles. The van der Waals surface area contributed by atoms with Gasteiger partial charge in [0.1, 0.15) is 5.75 Å². The number of nitrogens with zero attached hydrogens (tertiary/aromatic N) is 1. The molecule has 0 amide bonds. The van der Waals surface area contributed by atoms with E-state index >= 15 is 0 Å². The molecule has 30 heavy (non-hydrogen) atoms. The number of hydrogen-bond donors (Lipinski definition) is 1. The molecule has 4 aromatic carbocycles. The lowest BCUT2D eigenvalue weighted by Gasteiger charge is -2.10. The number of aromatic nitrogens is 1. The van der Waals surface area contributed by atoms with Crippen LogP contribution >= 0.6 is 0 Å². The number of fused-ring (bicyclic) bond motifs is 2. The summed E-state index contributed by atoms with van der Waals surface area (Å²) in [5, 5.41) is 12.5. The Labute approximate surface area is 174 Å². The zero-order chi connectivity index (χ0) is 20.9. The second-order valence-electron chi connectivity index (χ2n) is 7.45. The molecule has 0 saturated carbocycles. The minimum Gasteiger partial charge on any atom is -0.508 e. The van der Waals surface area contributed by atoms with Crippen LogP contribution in [0.2, 0.25) is 0 Å². The van der Waals surface area contributed by atoms with Crippen molar-refractivity contribution < 1.29 is 13.5 Å². The average Bonchev–Trinajstić information content (AvgIpc) is 3.18. The van der Waals surface area contributed by atoms with Crippen LogP contribution < -0.4 is 0 Å². The van der Waals surface area contributed by atoms with Crippen LogP contribution in [0, 0.1) is 6.92 Å². The fourth-order valence-electron chi connectivity index (χ4n) is 3.73. The van der Waals surface area contributed by atoms with E-state index in [-0.39, 0.29) is 10.6 Å². The first-order valence-electron chi connectivity index (χ1n) is 9.58. The third-order valence-corrected chi connectivity index (χ3v) is 7.10. The molecule has 0 aliphatic rings.